The van der Waals surface area contributed by atoms with Crippen LogP contribution in [0, 0.1) is 0 Å². The Labute approximate surface area is 159 Å². The lowest BCUT2D eigenvalue weighted by atomic mass is 10.2. The lowest BCUT2D eigenvalue weighted by molar-refractivity contribution is -0.0447. The van der Waals surface area contributed by atoms with Gasteiger partial charge in [-0.3, -0.25) is 4.99 Å². The standard InChI is InChI=1S/C16H23N3O4.HI/c1-17-16(19-5-6-21-13(9-19)10-20-2)18-8-12-3-4-14-15(7-12)23-11-22-14;/h3-4,7,13H,5-6,8-11H2,1-2H3,(H,17,18);1H. The highest BCUT2D eigenvalue weighted by Crippen LogP contribution is 2.32. The maximum Gasteiger partial charge on any atom is 0.231 e. The Morgan fingerprint density at radius 1 is 1.38 bits per heavy atom. The molecule has 2 heterocycles. The predicted molar refractivity (Wildman–Crippen MR) is 101 cm³/mol. The average molecular weight is 449 g/mol. The molecule has 1 atom stereocenters. The van der Waals surface area contributed by atoms with E-state index < -0.39 is 0 Å². The third-order valence-electron chi connectivity index (χ3n) is 3.89. The largest absolute Gasteiger partial charge is 0.454 e. The van der Waals surface area contributed by atoms with Crippen LogP contribution in [0.2, 0.25) is 0 Å². The maximum atomic E-state index is 5.68. The van der Waals surface area contributed by atoms with Crippen molar-refractivity contribution in [2.24, 2.45) is 4.99 Å². The van der Waals surface area contributed by atoms with E-state index in [-0.39, 0.29) is 30.1 Å². The molecule has 0 aliphatic carbocycles. The first-order valence-corrected chi connectivity index (χ1v) is 7.75. The zero-order valence-corrected chi connectivity index (χ0v) is 16.3. The molecular formula is C16H24IN3O4. The Hall–Kier alpha value is -1.26. The van der Waals surface area contributed by atoms with Gasteiger partial charge in [0.2, 0.25) is 6.79 Å². The summed E-state index contributed by atoms with van der Waals surface area (Å²) in [7, 11) is 3.48. The summed E-state index contributed by atoms with van der Waals surface area (Å²) in [5, 5.41) is 3.39. The first kappa shape index (κ1) is 19.1. The van der Waals surface area contributed by atoms with Gasteiger partial charge in [0.05, 0.1) is 19.3 Å². The molecule has 1 aromatic carbocycles. The van der Waals surface area contributed by atoms with Gasteiger partial charge in [0, 0.05) is 33.8 Å². The summed E-state index contributed by atoms with van der Waals surface area (Å²) in [6.07, 6.45) is 0.0813. The molecule has 2 aliphatic heterocycles. The molecule has 0 amide bonds. The van der Waals surface area contributed by atoms with E-state index in [9.17, 15) is 0 Å². The van der Waals surface area contributed by atoms with Crippen LogP contribution in [0.15, 0.2) is 23.2 Å². The van der Waals surface area contributed by atoms with Crippen molar-refractivity contribution in [1.29, 1.82) is 0 Å². The first-order chi connectivity index (χ1) is 11.3. The van der Waals surface area contributed by atoms with E-state index in [4.69, 9.17) is 18.9 Å². The summed E-state index contributed by atoms with van der Waals surface area (Å²) in [6.45, 7) is 3.84. The smallest absolute Gasteiger partial charge is 0.231 e. The molecule has 1 aromatic rings. The molecule has 1 unspecified atom stereocenters. The van der Waals surface area contributed by atoms with Crippen LogP contribution in [0.1, 0.15) is 5.56 Å². The van der Waals surface area contributed by atoms with Crippen LogP contribution in [0.5, 0.6) is 11.5 Å². The zero-order chi connectivity index (χ0) is 16.1. The zero-order valence-electron chi connectivity index (χ0n) is 14.0. The van der Waals surface area contributed by atoms with Crippen molar-refractivity contribution >= 4 is 29.9 Å². The monoisotopic (exact) mass is 449 g/mol. The Kier molecular flexibility index (Phi) is 7.38. The van der Waals surface area contributed by atoms with Gasteiger partial charge in [-0.05, 0) is 17.7 Å². The summed E-state index contributed by atoms with van der Waals surface area (Å²) < 4.78 is 21.6. The molecule has 0 bridgehead atoms. The Morgan fingerprint density at radius 2 is 2.21 bits per heavy atom. The fraction of sp³-hybridized carbons (Fsp3) is 0.562. The van der Waals surface area contributed by atoms with Crippen LogP contribution in [-0.4, -0.2) is 64.2 Å². The van der Waals surface area contributed by atoms with Crippen LogP contribution in [0.25, 0.3) is 0 Å². The van der Waals surface area contributed by atoms with Gasteiger partial charge < -0.3 is 29.2 Å². The minimum Gasteiger partial charge on any atom is -0.454 e. The van der Waals surface area contributed by atoms with Crippen LogP contribution in [-0.2, 0) is 16.0 Å². The number of nitrogens with one attached hydrogen (secondary N) is 1. The predicted octanol–water partition coefficient (Wildman–Crippen LogP) is 1.46. The minimum atomic E-state index is 0. The van der Waals surface area contributed by atoms with Crippen LogP contribution in [0.3, 0.4) is 0 Å². The maximum absolute atomic E-state index is 5.68. The highest BCUT2D eigenvalue weighted by Gasteiger charge is 2.22. The highest BCUT2D eigenvalue weighted by molar-refractivity contribution is 14.0. The Bertz CT molecular complexity index is 568. The topological polar surface area (TPSA) is 64.6 Å². The second-order valence-corrected chi connectivity index (χ2v) is 5.48. The molecule has 134 valence electrons. The van der Waals surface area contributed by atoms with Gasteiger partial charge >= 0.3 is 0 Å². The van der Waals surface area contributed by atoms with E-state index in [1.165, 1.54) is 0 Å². The summed E-state index contributed by atoms with van der Waals surface area (Å²) in [5.74, 6) is 2.46. The van der Waals surface area contributed by atoms with Gasteiger partial charge in [-0.1, -0.05) is 6.07 Å². The molecule has 24 heavy (non-hydrogen) atoms. The van der Waals surface area contributed by atoms with E-state index in [1.807, 2.05) is 18.2 Å². The number of rotatable bonds is 4. The molecule has 2 aliphatic rings. The molecule has 1 saturated heterocycles. The minimum absolute atomic E-state index is 0. The number of fused-ring (bicyclic) bond motifs is 1. The lowest BCUT2D eigenvalue weighted by Gasteiger charge is -2.34. The average Bonchev–Trinajstić information content (AvgIpc) is 3.04. The van der Waals surface area contributed by atoms with Crippen molar-refractivity contribution in [1.82, 2.24) is 10.2 Å². The van der Waals surface area contributed by atoms with Gasteiger partial charge in [-0.2, -0.15) is 0 Å². The van der Waals surface area contributed by atoms with Crippen molar-refractivity contribution < 1.29 is 18.9 Å². The molecular weight excluding hydrogens is 425 g/mol. The lowest BCUT2D eigenvalue weighted by Crippen LogP contribution is -2.51. The van der Waals surface area contributed by atoms with Crippen molar-refractivity contribution in [2.45, 2.75) is 12.6 Å². The molecule has 0 aromatic heterocycles. The van der Waals surface area contributed by atoms with Crippen LogP contribution >= 0.6 is 24.0 Å². The summed E-state index contributed by atoms with van der Waals surface area (Å²) in [4.78, 5) is 6.57. The number of ether oxygens (including phenoxy) is 4. The fourth-order valence-corrected chi connectivity index (χ4v) is 2.76. The highest BCUT2D eigenvalue weighted by atomic mass is 127. The molecule has 8 heteroatoms. The van der Waals surface area contributed by atoms with Crippen molar-refractivity contribution in [3.8, 4) is 11.5 Å². The van der Waals surface area contributed by atoms with E-state index >= 15 is 0 Å². The number of hydrogen-bond acceptors (Lipinski definition) is 5. The van der Waals surface area contributed by atoms with E-state index in [0.717, 1.165) is 36.1 Å². The second-order valence-electron chi connectivity index (χ2n) is 5.48. The van der Waals surface area contributed by atoms with E-state index in [0.29, 0.717) is 26.6 Å². The molecule has 0 radical (unpaired) electrons. The Morgan fingerprint density at radius 3 is 3.00 bits per heavy atom. The van der Waals surface area contributed by atoms with Gasteiger partial charge in [-0.25, -0.2) is 0 Å². The SMILES string of the molecule is CN=C(NCc1ccc2c(c1)OCO2)N1CCOC(COC)C1.I. The summed E-state index contributed by atoms with van der Waals surface area (Å²) in [6, 6.07) is 5.96. The number of methoxy groups -OCH3 is 1. The number of guanidine groups is 1. The Balaban J connectivity index is 0.00000208. The summed E-state index contributed by atoms with van der Waals surface area (Å²) >= 11 is 0. The van der Waals surface area contributed by atoms with Gasteiger partial charge in [0.1, 0.15) is 0 Å². The third-order valence-corrected chi connectivity index (χ3v) is 3.89. The number of halogens is 1. The van der Waals surface area contributed by atoms with E-state index in [1.54, 1.807) is 14.2 Å². The number of nitrogens with zero attached hydrogens (tertiary/aromatic N) is 2. The van der Waals surface area contributed by atoms with Gasteiger partial charge in [-0.15, -0.1) is 24.0 Å². The number of hydrogen-bond donors (Lipinski definition) is 1. The van der Waals surface area contributed by atoms with Crippen molar-refractivity contribution in [3.63, 3.8) is 0 Å². The first-order valence-electron chi connectivity index (χ1n) is 7.75. The summed E-state index contributed by atoms with van der Waals surface area (Å²) in [5.41, 5.74) is 1.12. The van der Waals surface area contributed by atoms with Gasteiger partial charge in [0.25, 0.3) is 0 Å². The molecule has 3 rings (SSSR count). The van der Waals surface area contributed by atoms with Crippen LogP contribution < -0.4 is 14.8 Å². The van der Waals surface area contributed by atoms with Gasteiger partial charge in [0.15, 0.2) is 17.5 Å². The second kappa shape index (κ2) is 9.28. The fourth-order valence-electron chi connectivity index (χ4n) is 2.76. The molecule has 0 spiro atoms. The molecule has 1 N–H and O–H groups in total. The normalized spacial score (nSPS) is 19.8. The number of aliphatic imine (C=N–C) groups is 1. The quantitative estimate of drug-likeness (QED) is 0.427. The number of morpholine rings is 1. The van der Waals surface area contributed by atoms with Crippen LogP contribution in [0.4, 0.5) is 0 Å². The molecule has 0 saturated carbocycles. The van der Waals surface area contributed by atoms with Crippen molar-refractivity contribution in [2.75, 3.05) is 47.3 Å². The van der Waals surface area contributed by atoms with Crippen molar-refractivity contribution in [3.05, 3.63) is 23.8 Å². The third kappa shape index (κ3) is 4.64. The molecule has 1 fully saturated rings. The molecule has 7 nitrogen and oxygen atoms in total. The van der Waals surface area contributed by atoms with E-state index in [2.05, 4.69) is 15.2 Å². The number of benzene rings is 1.